The number of aromatic nitrogens is 4. The predicted molar refractivity (Wildman–Crippen MR) is 62.0 cm³/mol. The molecule has 0 radical (unpaired) electrons. The van der Waals surface area contributed by atoms with Crippen molar-refractivity contribution in [3.8, 4) is 5.88 Å². The summed E-state index contributed by atoms with van der Waals surface area (Å²) >= 11 is 0. The van der Waals surface area contributed by atoms with Crippen LogP contribution in [-0.4, -0.2) is 31.7 Å². The second kappa shape index (κ2) is 4.17. The van der Waals surface area contributed by atoms with Crippen LogP contribution in [0, 0.1) is 0 Å². The predicted octanol–water partition coefficient (Wildman–Crippen LogP) is -0.0762. The van der Waals surface area contributed by atoms with Crippen molar-refractivity contribution < 1.29 is 4.74 Å². The lowest BCUT2D eigenvalue weighted by Crippen LogP contribution is -2.41. The fourth-order valence-corrected chi connectivity index (χ4v) is 1.21. The van der Waals surface area contributed by atoms with Gasteiger partial charge >= 0.3 is 5.69 Å². The SMILES string of the molecule is CCC(C)(N)COc1cc2n[nH]c(=O)n2cn1. The topological polar surface area (TPSA) is 98.3 Å². The van der Waals surface area contributed by atoms with Crippen molar-refractivity contribution in [2.75, 3.05) is 6.61 Å². The van der Waals surface area contributed by atoms with Crippen LogP contribution in [-0.2, 0) is 0 Å². The Morgan fingerprint density at radius 3 is 3.12 bits per heavy atom. The quantitative estimate of drug-likeness (QED) is 0.775. The van der Waals surface area contributed by atoms with E-state index in [9.17, 15) is 4.79 Å². The van der Waals surface area contributed by atoms with E-state index in [2.05, 4.69) is 15.2 Å². The smallest absolute Gasteiger partial charge is 0.348 e. The van der Waals surface area contributed by atoms with Crippen LogP contribution >= 0.6 is 0 Å². The number of aromatic amines is 1. The van der Waals surface area contributed by atoms with Gasteiger partial charge in [0.25, 0.3) is 0 Å². The third-order valence-corrected chi connectivity index (χ3v) is 2.64. The van der Waals surface area contributed by atoms with Gasteiger partial charge in [0.1, 0.15) is 12.9 Å². The van der Waals surface area contributed by atoms with Gasteiger partial charge in [-0.2, -0.15) is 5.10 Å². The second-order valence-electron chi connectivity index (χ2n) is 4.28. The van der Waals surface area contributed by atoms with Crippen LogP contribution in [0.25, 0.3) is 5.65 Å². The first kappa shape index (κ1) is 11.6. The number of ether oxygens (including phenoxy) is 1. The lowest BCUT2D eigenvalue weighted by Gasteiger charge is -2.22. The Morgan fingerprint density at radius 2 is 2.41 bits per heavy atom. The van der Waals surface area contributed by atoms with E-state index in [0.717, 1.165) is 6.42 Å². The molecule has 0 fully saturated rings. The molecule has 0 saturated heterocycles. The Hall–Kier alpha value is -1.89. The lowest BCUT2D eigenvalue weighted by molar-refractivity contribution is 0.218. The molecule has 17 heavy (non-hydrogen) atoms. The molecule has 7 heteroatoms. The number of H-pyrrole nitrogens is 1. The van der Waals surface area contributed by atoms with Crippen molar-refractivity contribution >= 4 is 5.65 Å². The number of hydrogen-bond donors (Lipinski definition) is 2. The van der Waals surface area contributed by atoms with E-state index in [4.69, 9.17) is 10.5 Å². The highest BCUT2D eigenvalue weighted by molar-refractivity contribution is 5.38. The molecule has 2 aromatic heterocycles. The zero-order valence-corrected chi connectivity index (χ0v) is 9.80. The monoisotopic (exact) mass is 237 g/mol. The first-order valence-corrected chi connectivity index (χ1v) is 5.36. The molecule has 1 unspecified atom stereocenters. The van der Waals surface area contributed by atoms with Crippen LogP contribution < -0.4 is 16.2 Å². The van der Waals surface area contributed by atoms with Gasteiger partial charge in [-0.25, -0.2) is 19.3 Å². The zero-order valence-electron chi connectivity index (χ0n) is 9.80. The van der Waals surface area contributed by atoms with Crippen LogP contribution in [0.2, 0.25) is 0 Å². The molecular weight excluding hydrogens is 222 g/mol. The van der Waals surface area contributed by atoms with E-state index >= 15 is 0 Å². The number of nitrogens with one attached hydrogen (secondary N) is 1. The van der Waals surface area contributed by atoms with Crippen LogP contribution in [0.5, 0.6) is 5.88 Å². The second-order valence-corrected chi connectivity index (χ2v) is 4.28. The highest BCUT2D eigenvalue weighted by atomic mass is 16.5. The van der Waals surface area contributed by atoms with Crippen molar-refractivity contribution in [3.63, 3.8) is 0 Å². The van der Waals surface area contributed by atoms with Gasteiger partial charge in [0.15, 0.2) is 5.65 Å². The molecular formula is C10H15N5O2. The van der Waals surface area contributed by atoms with Crippen molar-refractivity contribution in [2.24, 2.45) is 5.73 Å². The number of nitrogens with zero attached hydrogens (tertiary/aromatic N) is 3. The summed E-state index contributed by atoms with van der Waals surface area (Å²) in [4.78, 5) is 15.2. The molecule has 1 atom stereocenters. The highest BCUT2D eigenvalue weighted by Gasteiger charge is 2.17. The Morgan fingerprint density at radius 1 is 1.65 bits per heavy atom. The zero-order chi connectivity index (χ0) is 12.5. The number of rotatable bonds is 4. The first-order chi connectivity index (χ1) is 8.02. The summed E-state index contributed by atoms with van der Waals surface area (Å²) in [5.41, 5.74) is 5.71. The molecule has 7 nitrogen and oxygen atoms in total. The van der Waals surface area contributed by atoms with Gasteiger partial charge in [-0.05, 0) is 13.3 Å². The molecule has 2 rings (SSSR count). The van der Waals surface area contributed by atoms with Crippen LogP contribution in [0.3, 0.4) is 0 Å². The number of nitrogens with two attached hydrogens (primary N) is 1. The standard InChI is InChI=1S/C10H15N5O2/c1-3-10(2,11)5-17-8-4-7-13-14-9(16)15(7)6-12-8/h4,6H,3,5,11H2,1-2H3,(H,14,16). The Labute approximate surface area is 97.6 Å². The number of hydrogen-bond acceptors (Lipinski definition) is 5. The van der Waals surface area contributed by atoms with E-state index < -0.39 is 0 Å². The van der Waals surface area contributed by atoms with Gasteiger partial charge in [-0.3, -0.25) is 0 Å². The van der Waals surface area contributed by atoms with Crippen LogP contribution in [0.4, 0.5) is 0 Å². The molecule has 0 aromatic carbocycles. The summed E-state index contributed by atoms with van der Waals surface area (Å²) in [5, 5.41) is 6.14. The van der Waals surface area contributed by atoms with Crippen molar-refractivity contribution in [3.05, 3.63) is 22.9 Å². The van der Waals surface area contributed by atoms with Gasteiger partial charge in [-0.1, -0.05) is 6.92 Å². The first-order valence-electron chi connectivity index (χ1n) is 5.36. The minimum Gasteiger partial charge on any atom is -0.476 e. The summed E-state index contributed by atoms with van der Waals surface area (Å²) in [6.07, 6.45) is 2.17. The van der Waals surface area contributed by atoms with Gasteiger partial charge in [0.2, 0.25) is 5.88 Å². The molecule has 0 aliphatic heterocycles. The molecule has 0 saturated carbocycles. The third kappa shape index (κ3) is 2.44. The molecule has 0 spiro atoms. The molecule has 2 aromatic rings. The van der Waals surface area contributed by atoms with Crippen LogP contribution in [0.1, 0.15) is 20.3 Å². The van der Waals surface area contributed by atoms with E-state index in [1.807, 2.05) is 13.8 Å². The molecule has 3 N–H and O–H groups in total. The average Bonchev–Trinajstić information content (AvgIpc) is 2.68. The number of fused-ring (bicyclic) bond motifs is 1. The molecule has 0 aliphatic carbocycles. The van der Waals surface area contributed by atoms with E-state index in [1.54, 1.807) is 6.07 Å². The maximum atomic E-state index is 11.2. The summed E-state index contributed by atoms with van der Waals surface area (Å²) in [6, 6.07) is 1.59. The van der Waals surface area contributed by atoms with Crippen molar-refractivity contribution in [1.82, 2.24) is 19.6 Å². The van der Waals surface area contributed by atoms with E-state index in [-0.39, 0.29) is 11.2 Å². The summed E-state index contributed by atoms with van der Waals surface area (Å²) in [6.45, 7) is 4.26. The Bertz CT molecular complexity index is 571. The van der Waals surface area contributed by atoms with Gasteiger partial charge in [0.05, 0.1) is 0 Å². The summed E-state index contributed by atoms with van der Waals surface area (Å²) in [5.74, 6) is 0.404. The minimum absolute atomic E-state index is 0.323. The van der Waals surface area contributed by atoms with Gasteiger partial charge in [0, 0.05) is 11.6 Å². The Balaban J connectivity index is 2.17. The molecule has 2 heterocycles. The largest absolute Gasteiger partial charge is 0.476 e. The third-order valence-electron chi connectivity index (χ3n) is 2.64. The van der Waals surface area contributed by atoms with Gasteiger partial charge in [-0.15, -0.1) is 0 Å². The lowest BCUT2D eigenvalue weighted by atomic mass is 10.0. The maximum absolute atomic E-state index is 11.2. The average molecular weight is 237 g/mol. The van der Waals surface area contributed by atoms with E-state index in [1.165, 1.54) is 10.7 Å². The maximum Gasteiger partial charge on any atom is 0.348 e. The normalized spacial score (nSPS) is 14.8. The van der Waals surface area contributed by atoms with Crippen LogP contribution in [0.15, 0.2) is 17.2 Å². The molecule has 0 bridgehead atoms. The molecule has 0 aliphatic rings. The molecule has 92 valence electrons. The van der Waals surface area contributed by atoms with Crippen molar-refractivity contribution in [1.29, 1.82) is 0 Å². The fourth-order valence-electron chi connectivity index (χ4n) is 1.21. The molecule has 0 amide bonds. The van der Waals surface area contributed by atoms with E-state index in [0.29, 0.717) is 18.1 Å². The summed E-state index contributed by atoms with van der Waals surface area (Å²) < 4.78 is 6.77. The van der Waals surface area contributed by atoms with Gasteiger partial charge < -0.3 is 10.5 Å². The highest BCUT2D eigenvalue weighted by Crippen LogP contribution is 2.11. The summed E-state index contributed by atoms with van der Waals surface area (Å²) in [7, 11) is 0. The van der Waals surface area contributed by atoms with Crippen molar-refractivity contribution in [2.45, 2.75) is 25.8 Å². The minimum atomic E-state index is -0.390. The fraction of sp³-hybridized carbons (Fsp3) is 0.500. The Kier molecular flexibility index (Phi) is 2.84.